The molecule has 1 fully saturated rings. The van der Waals surface area contributed by atoms with Gasteiger partial charge in [0.15, 0.2) is 16.4 Å². The lowest BCUT2D eigenvalue weighted by molar-refractivity contribution is -0.149. The molecule has 7 nitrogen and oxygen atoms in total. The van der Waals surface area contributed by atoms with Crippen LogP contribution in [0.25, 0.3) is 11.6 Å². The topological polar surface area (TPSA) is 65.4 Å². The number of rotatable bonds is 6. The molecule has 136 valence electrons. The predicted octanol–water partition coefficient (Wildman–Crippen LogP) is 2.93. The fraction of sp³-hybridized carbons (Fsp3) is 0.588. The largest absolute Gasteiger partial charge is 0.466 e. The van der Waals surface area contributed by atoms with Gasteiger partial charge in [0.2, 0.25) is 0 Å². The number of nitrogens with zero attached hydrogens (tertiary/aromatic N) is 4. The Labute approximate surface area is 152 Å². The number of carbonyl (C=O) groups excluding carboxylic acids is 1. The molecule has 0 spiro atoms. The molecule has 1 aliphatic rings. The summed E-state index contributed by atoms with van der Waals surface area (Å²) in [7, 11) is 0. The summed E-state index contributed by atoms with van der Waals surface area (Å²) < 4.78 is 15.1. The van der Waals surface area contributed by atoms with Gasteiger partial charge in [0.25, 0.3) is 0 Å². The second-order valence-electron chi connectivity index (χ2n) is 6.11. The number of ether oxygens (including phenoxy) is 1. The van der Waals surface area contributed by atoms with Crippen molar-refractivity contribution >= 4 is 18.2 Å². The molecule has 0 saturated carbocycles. The molecular weight excluding hydrogens is 340 g/mol. The first kappa shape index (κ1) is 17.9. The van der Waals surface area contributed by atoms with Gasteiger partial charge < -0.3 is 9.15 Å². The first-order valence-electron chi connectivity index (χ1n) is 8.74. The molecule has 0 bridgehead atoms. The first-order chi connectivity index (χ1) is 12.1. The summed E-state index contributed by atoms with van der Waals surface area (Å²) in [5.74, 6) is 1.40. The van der Waals surface area contributed by atoms with Gasteiger partial charge in [0.05, 0.1) is 25.5 Å². The molecule has 0 radical (unpaired) electrons. The Bertz CT molecular complexity index is 757. The molecule has 0 N–H and O–H groups in total. The highest BCUT2D eigenvalue weighted by Crippen LogP contribution is 2.21. The number of likely N-dealkylation sites (tertiary alicyclic amines) is 1. The number of piperidine rings is 1. The van der Waals surface area contributed by atoms with Gasteiger partial charge >= 0.3 is 5.97 Å². The molecule has 2 aromatic rings. The predicted molar refractivity (Wildman–Crippen MR) is 95.4 cm³/mol. The van der Waals surface area contributed by atoms with Crippen LogP contribution in [0.3, 0.4) is 0 Å². The lowest BCUT2D eigenvalue weighted by Gasteiger charge is -2.30. The Kier molecular flexibility index (Phi) is 5.70. The molecule has 0 aromatic carbocycles. The second-order valence-corrected chi connectivity index (χ2v) is 6.48. The summed E-state index contributed by atoms with van der Waals surface area (Å²) in [6, 6.07) is 3.73. The van der Waals surface area contributed by atoms with Crippen molar-refractivity contribution < 1.29 is 13.9 Å². The molecular formula is C17H24N4O3S. The molecule has 3 rings (SSSR count). The second kappa shape index (κ2) is 7.97. The van der Waals surface area contributed by atoms with E-state index in [0.29, 0.717) is 23.8 Å². The normalized spacial score (nSPS) is 16.2. The zero-order valence-corrected chi connectivity index (χ0v) is 15.5. The molecule has 0 atom stereocenters. The van der Waals surface area contributed by atoms with Gasteiger partial charge in [0.1, 0.15) is 0 Å². The molecule has 0 unspecified atom stereocenters. The maximum absolute atomic E-state index is 11.8. The van der Waals surface area contributed by atoms with E-state index in [0.717, 1.165) is 38.3 Å². The van der Waals surface area contributed by atoms with E-state index < -0.39 is 0 Å². The van der Waals surface area contributed by atoms with Crippen LogP contribution >= 0.6 is 12.2 Å². The SMILES string of the molecule is CCOC(=O)C1CCN(Cn2nc(-c3ccco3)n(CC)c2=S)CC1. The number of hydrogen-bond donors (Lipinski definition) is 0. The van der Waals surface area contributed by atoms with Crippen LogP contribution in [0, 0.1) is 10.7 Å². The van der Waals surface area contributed by atoms with Crippen molar-refractivity contribution in [3.63, 3.8) is 0 Å². The van der Waals surface area contributed by atoms with E-state index in [2.05, 4.69) is 10.00 Å². The third-order valence-electron chi connectivity index (χ3n) is 4.52. The minimum Gasteiger partial charge on any atom is -0.466 e. The number of esters is 1. The van der Waals surface area contributed by atoms with E-state index in [1.54, 1.807) is 6.26 Å². The van der Waals surface area contributed by atoms with Crippen molar-refractivity contribution in [2.45, 2.75) is 39.9 Å². The van der Waals surface area contributed by atoms with Crippen LogP contribution in [0.4, 0.5) is 0 Å². The van der Waals surface area contributed by atoms with Gasteiger partial charge in [-0.25, -0.2) is 4.68 Å². The van der Waals surface area contributed by atoms with Gasteiger partial charge in [-0.1, -0.05) is 0 Å². The monoisotopic (exact) mass is 364 g/mol. The van der Waals surface area contributed by atoms with E-state index in [9.17, 15) is 4.79 Å². The Hall–Kier alpha value is -1.93. The fourth-order valence-corrected chi connectivity index (χ4v) is 3.48. The Morgan fingerprint density at radius 2 is 2.16 bits per heavy atom. The van der Waals surface area contributed by atoms with Crippen LogP contribution in [0.2, 0.25) is 0 Å². The van der Waals surface area contributed by atoms with Crippen molar-refractivity contribution in [2.24, 2.45) is 5.92 Å². The van der Waals surface area contributed by atoms with Crippen molar-refractivity contribution in [1.82, 2.24) is 19.2 Å². The highest BCUT2D eigenvalue weighted by Gasteiger charge is 2.26. The van der Waals surface area contributed by atoms with Crippen molar-refractivity contribution in [2.75, 3.05) is 19.7 Å². The molecule has 1 aliphatic heterocycles. The molecule has 25 heavy (non-hydrogen) atoms. The number of furan rings is 1. The van der Waals surface area contributed by atoms with E-state index in [1.807, 2.05) is 35.2 Å². The fourth-order valence-electron chi connectivity index (χ4n) is 3.17. The van der Waals surface area contributed by atoms with Crippen molar-refractivity contribution in [3.8, 4) is 11.6 Å². The van der Waals surface area contributed by atoms with E-state index in [-0.39, 0.29) is 11.9 Å². The van der Waals surface area contributed by atoms with Crippen molar-refractivity contribution in [3.05, 3.63) is 23.2 Å². The quantitative estimate of drug-likeness (QED) is 0.580. The lowest BCUT2D eigenvalue weighted by Crippen LogP contribution is -2.38. The van der Waals surface area contributed by atoms with Gasteiger partial charge in [-0.3, -0.25) is 14.3 Å². The van der Waals surface area contributed by atoms with E-state index >= 15 is 0 Å². The third-order valence-corrected chi connectivity index (χ3v) is 4.95. The smallest absolute Gasteiger partial charge is 0.309 e. The average Bonchev–Trinajstić information content (AvgIpc) is 3.24. The van der Waals surface area contributed by atoms with E-state index in [4.69, 9.17) is 21.4 Å². The highest BCUT2D eigenvalue weighted by atomic mass is 32.1. The number of aromatic nitrogens is 3. The van der Waals surface area contributed by atoms with Crippen molar-refractivity contribution in [1.29, 1.82) is 0 Å². The van der Waals surface area contributed by atoms with Crippen LogP contribution in [-0.2, 0) is 22.7 Å². The van der Waals surface area contributed by atoms with Gasteiger partial charge in [-0.15, -0.1) is 5.10 Å². The van der Waals surface area contributed by atoms with Gasteiger partial charge in [0, 0.05) is 19.6 Å². The minimum absolute atomic E-state index is 0.0102. The third kappa shape index (κ3) is 3.85. The molecule has 8 heteroatoms. The summed E-state index contributed by atoms with van der Waals surface area (Å²) in [4.78, 5) is 14.1. The standard InChI is InChI=1S/C17H24N4O3S/c1-3-20-15(14-6-5-11-24-14)18-21(17(20)25)12-19-9-7-13(8-10-19)16(22)23-4-2/h5-6,11,13H,3-4,7-10,12H2,1-2H3. The van der Waals surface area contributed by atoms with Gasteiger partial charge in [-0.05, 0) is 51.0 Å². The van der Waals surface area contributed by atoms with Crippen LogP contribution in [0.15, 0.2) is 22.8 Å². The number of carbonyl (C=O) groups is 1. The Morgan fingerprint density at radius 1 is 1.40 bits per heavy atom. The Balaban J connectivity index is 1.68. The summed E-state index contributed by atoms with van der Waals surface area (Å²) in [6.45, 7) is 7.35. The van der Waals surface area contributed by atoms with E-state index in [1.165, 1.54) is 0 Å². The zero-order valence-electron chi connectivity index (χ0n) is 14.7. The number of hydrogen-bond acceptors (Lipinski definition) is 6. The highest BCUT2D eigenvalue weighted by molar-refractivity contribution is 7.71. The first-order valence-corrected chi connectivity index (χ1v) is 9.15. The summed E-state index contributed by atoms with van der Waals surface area (Å²) >= 11 is 5.57. The molecule has 0 aliphatic carbocycles. The maximum Gasteiger partial charge on any atom is 0.309 e. The van der Waals surface area contributed by atoms with Crippen LogP contribution in [0.5, 0.6) is 0 Å². The molecule has 2 aromatic heterocycles. The van der Waals surface area contributed by atoms with Crippen LogP contribution in [0.1, 0.15) is 26.7 Å². The molecule has 1 saturated heterocycles. The Morgan fingerprint density at radius 3 is 2.76 bits per heavy atom. The zero-order chi connectivity index (χ0) is 17.8. The molecule has 0 amide bonds. The average molecular weight is 364 g/mol. The van der Waals surface area contributed by atoms with Gasteiger partial charge in [-0.2, -0.15) is 0 Å². The molecule has 3 heterocycles. The summed E-state index contributed by atoms with van der Waals surface area (Å²) in [6.07, 6.45) is 3.26. The summed E-state index contributed by atoms with van der Waals surface area (Å²) in [5, 5.41) is 4.65. The van der Waals surface area contributed by atoms with Crippen LogP contribution < -0.4 is 0 Å². The summed E-state index contributed by atoms with van der Waals surface area (Å²) in [5.41, 5.74) is 0. The lowest BCUT2D eigenvalue weighted by atomic mass is 9.97. The van der Waals surface area contributed by atoms with Crippen LogP contribution in [-0.4, -0.2) is 44.9 Å². The maximum atomic E-state index is 11.8. The minimum atomic E-state index is -0.0749.